The van der Waals surface area contributed by atoms with Crippen molar-refractivity contribution in [1.29, 1.82) is 0 Å². The van der Waals surface area contributed by atoms with Crippen LogP contribution in [-0.2, 0) is 4.74 Å². The molecule has 2 aliphatic rings. The topological polar surface area (TPSA) is 29.5 Å². The van der Waals surface area contributed by atoms with Crippen LogP contribution in [0.15, 0.2) is 0 Å². The third-order valence-corrected chi connectivity index (χ3v) is 3.46. The summed E-state index contributed by atoms with van der Waals surface area (Å²) in [6, 6.07) is 0. The first kappa shape index (κ1) is 9.47. The Balaban J connectivity index is 1.83. The Morgan fingerprint density at radius 3 is 2.46 bits per heavy atom. The van der Waals surface area contributed by atoms with Crippen LogP contribution in [0.2, 0.25) is 0 Å². The smallest absolute Gasteiger partial charge is 0.0627 e. The highest BCUT2D eigenvalue weighted by molar-refractivity contribution is 4.79. The van der Waals surface area contributed by atoms with Gasteiger partial charge < -0.3 is 9.84 Å². The van der Waals surface area contributed by atoms with Gasteiger partial charge in [0.05, 0.1) is 12.2 Å². The third kappa shape index (κ3) is 2.44. The molecule has 1 heterocycles. The molecule has 76 valence electrons. The van der Waals surface area contributed by atoms with E-state index in [0.717, 1.165) is 25.4 Å². The normalized spacial score (nSPS) is 37.6. The highest BCUT2D eigenvalue weighted by Gasteiger charge is 2.29. The molecule has 0 aromatic carbocycles. The van der Waals surface area contributed by atoms with Gasteiger partial charge in [-0.3, -0.25) is 0 Å². The van der Waals surface area contributed by atoms with Crippen molar-refractivity contribution >= 4 is 0 Å². The van der Waals surface area contributed by atoms with Gasteiger partial charge in [-0.05, 0) is 31.6 Å². The van der Waals surface area contributed by atoms with E-state index < -0.39 is 0 Å². The fraction of sp³-hybridized carbons (Fsp3) is 1.00. The van der Waals surface area contributed by atoms with Crippen LogP contribution in [0.5, 0.6) is 0 Å². The van der Waals surface area contributed by atoms with E-state index in [4.69, 9.17) is 4.74 Å². The second-order valence-corrected chi connectivity index (χ2v) is 4.49. The molecular formula is C11H20O2. The van der Waals surface area contributed by atoms with Crippen molar-refractivity contribution in [3.8, 4) is 0 Å². The molecule has 2 fully saturated rings. The maximum atomic E-state index is 9.53. The Kier molecular flexibility index (Phi) is 3.23. The Hall–Kier alpha value is -0.0800. The zero-order chi connectivity index (χ0) is 9.10. The molecule has 0 bridgehead atoms. The second-order valence-electron chi connectivity index (χ2n) is 4.49. The summed E-state index contributed by atoms with van der Waals surface area (Å²) >= 11 is 0. The fourth-order valence-electron chi connectivity index (χ4n) is 2.64. The SMILES string of the molecule is OC1CCOC(C2CCCCC2)C1. The molecule has 0 aromatic rings. The molecule has 1 aliphatic carbocycles. The molecule has 0 radical (unpaired) electrons. The zero-order valence-corrected chi connectivity index (χ0v) is 8.24. The Labute approximate surface area is 80.3 Å². The summed E-state index contributed by atoms with van der Waals surface area (Å²) in [5, 5.41) is 9.53. The highest BCUT2D eigenvalue weighted by Crippen LogP contribution is 2.32. The van der Waals surface area contributed by atoms with E-state index in [1.54, 1.807) is 0 Å². The lowest BCUT2D eigenvalue weighted by Gasteiger charge is -2.34. The number of aliphatic hydroxyl groups is 1. The average molecular weight is 184 g/mol. The van der Waals surface area contributed by atoms with Crippen molar-refractivity contribution in [2.45, 2.75) is 57.2 Å². The summed E-state index contributed by atoms with van der Waals surface area (Å²) in [5.74, 6) is 0.740. The van der Waals surface area contributed by atoms with Gasteiger partial charge in [0.25, 0.3) is 0 Å². The highest BCUT2D eigenvalue weighted by atomic mass is 16.5. The van der Waals surface area contributed by atoms with E-state index in [-0.39, 0.29) is 6.10 Å². The third-order valence-electron chi connectivity index (χ3n) is 3.46. The van der Waals surface area contributed by atoms with Crippen molar-refractivity contribution in [2.24, 2.45) is 5.92 Å². The number of rotatable bonds is 1. The standard InChI is InChI=1S/C11H20O2/c12-10-6-7-13-11(8-10)9-4-2-1-3-5-9/h9-12H,1-8H2. The first-order valence-electron chi connectivity index (χ1n) is 5.66. The van der Waals surface area contributed by atoms with Crippen molar-refractivity contribution < 1.29 is 9.84 Å². The predicted molar refractivity (Wildman–Crippen MR) is 51.6 cm³/mol. The molecule has 0 amide bonds. The molecule has 0 spiro atoms. The van der Waals surface area contributed by atoms with E-state index in [0.29, 0.717) is 6.10 Å². The van der Waals surface area contributed by atoms with Gasteiger partial charge in [-0.15, -0.1) is 0 Å². The average Bonchev–Trinajstić information content (AvgIpc) is 2.19. The first-order valence-corrected chi connectivity index (χ1v) is 5.66. The Bertz CT molecular complexity index is 152. The van der Waals surface area contributed by atoms with Crippen molar-refractivity contribution in [3.05, 3.63) is 0 Å². The Morgan fingerprint density at radius 2 is 1.77 bits per heavy atom. The van der Waals surface area contributed by atoms with Crippen molar-refractivity contribution in [1.82, 2.24) is 0 Å². The molecule has 0 aromatic heterocycles. The van der Waals surface area contributed by atoms with E-state index in [9.17, 15) is 5.11 Å². The maximum Gasteiger partial charge on any atom is 0.0627 e. The molecule has 2 nitrogen and oxygen atoms in total. The van der Waals surface area contributed by atoms with Gasteiger partial charge >= 0.3 is 0 Å². The lowest BCUT2D eigenvalue weighted by atomic mass is 9.82. The van der Waals surface area contributed by atoms with Crippen LogP contribution in [-0.4, -0.2) is 23.9 Å². The lowest BCUT2D eigenvalue weighted by molar-refractivity contribution is -0.0754. The summed E-state index contributed by atoms with van der Waals surface area (Å²) in [6.45, 7) is 0.766. The van der Waals surface area contributed by atoms with Gasteiger partial charge in [0.15, 0.2) is 0 Å². The summed E-state index contributed by atoms with van der Waals surface area (Å²) in [4.78, 5) is 0. The van der Waals surface area contributed by atoms with Crippen LogP contribution in [0.4, 0.5) is 0 Å². The minimum atomic E-state index is -0.0966. The van der Waals surface area contributed by atoms with Crippen LogP contribution in [0.1, 0.15) is 44.9 Å². The number of aliphatic hydroxyl groups excluding tert-OH is 1. The Morgan fingerprint density at radius 1 is 1.00 bits per heavy atom. The van der Waals surface area contributed by atoms with Gasteiger partial charge in [-0.25, -0.2) is 0 Å². The maximum absolute atomic E-state index is 9.53. The minimum Gasteiger partial charge on any atom is -0.393 e. The quantitative estimate of drug-likeness (QED) is 0.676. The fourth-order valence-corrected chi connectivity index (χ4v) is 2.64. The summed E-state index contributed by atoms with van der Waals surface area (Å²) in [6.07, 6.45) is 8.74. The van der Waals surface area contributed by atoms with Gasteiger partial charge in [0, 0.05) is 6.61 Å². The number of hydrogen-bond acceptors (Lipinski definition) is 2. The molecule has 2 unspecified atom stereocenters. The van der Waals surface area contributed by atoms with E-state index in [2.05, 4.69) is 0 Å². The monoisotopic (exact) mass is 184 g/mol. The molecule has 13 heavy (non-hydrogen) atoms. The van der Waals surface area contributed by atoms with Crippen LogP contribution in [0.3, 0.4) is 0 Å². The van der Waals surface area contributed by atoms with Crippen LogP contribution in [0, 0.1) is 5.92 Å². The van der Waals surface area contributed by atoms with Crippen LogP contribution >= 0.6 is 0 Å². The summed E-state index contributed by atoms with van der Waals surface area (Å²) in [7, 11) is 0. The number of ether oxygens (including phenoxy) is 1. The summed E-state index contributed by atoms with van der Waals surface area (Å²) < 4.78 is 5.73. The molecule has 1 N–H and O–H groups in total. The van der Waals surface area contributed by atoms with Gasteiger partial charge in [0.2, 0.25) is 0 Å². The van der Waals surface area contributed by atoms with Gasteiger partial charge in [-0.2, -0.15) is 0 Å². The van der Waals surface area contributed by atoms with E-state index in [1.807, 2.05) is 0 Å². The second kappa shape index (κ2) is 4.43. The van der Waals surface area contributed by atoms with Gasteiger partial charge in [0.1, 0.15) is 0 Å². The zero-order valence-electron chi connectivity index (χ0n) is 8.24. The molecular weight excluding hydrogens is 164 g/mol. The molecule has 2 rings (SSSR count). The van der Waals surface area contributed by atoms with Crippen molar-refractivity contribution in [2.75, 3.05) is 6.61 Å². The van der Waals surface area contributed by atoms with Gasteiger partial charge in [-0.1, -0.05) is 19.3 Å². The van der Waals surface area contributed by atoms with Crippen molar-refractivity contribution in [3.63, 3.8) is 0 Å². The number of hydrogen-bond donors (Lipinski definition) is 1. The molecule has 2 atom stereocenters. The lowest BCUT2D eigenvalue weighted by Crippen LogP contribution is -2.35. The summed E-state index contributed by atoms with van der Waals surface area (Å²) in [5.41, 5.74) is 0. The first-order chi connectivity index (χ1) is 6.36. The largest absolute Gasteiger partial charge is 0.393 e. The van der Waals surface area contributed by atoms with Crippen LogP contribution < -0.4 is 0 Å². The molecule has 1 saturated carbocycles. The van der Waals surface area contributed by atoms with E-state index in [1.165, 1.54) is 32.1 Å². The predicted octanol–water partition coefficient (Wildman–Crippen LogP) is 2.11. The van der Waals surface area contributed by atoms with Crippen LogP contribution in [0.25, 0.3) is 0 Å². The molecule has 1 aliphatic heterocycles. The minimum absolute atomic E-state index is 0.0966. The molecule has 1 saturated heterocycles. The molecule has 2 heteroatoms. The van der Waals surface area contributed by atoms with E-state index >= 15 is 0 Å².